The highest BCUT2D eigenvalue weighted by Crippen LogP contribution is 2.26. The molecule has 29 heavy (non-hydrogen) atoms. The lowest BCUT2D eigenvalue weighted by atomic mass is 10.1. The molecule has 0 radical (unpaired) electrons. The Hall–Kier alpha value is -4.07. The lowest BCUT2D eigenvalue weighted by molar-refractivity contribution is 0.102. The van der Waals surface area contributed by atoms with Crippen LogP contribution in [0.5, 0.6) is 0 Å². The molecule has 1 amide bonds. The molecule has 0 spiro atoms. The number of aryl methyl sites for hydroxylation is 2. The number of fused-ring (bicyclic) bond motifs is 4. The fraction of sp³-hybridized carbons (Fsp3) is 0.0952. The summed E-state index contributed by atoms with van der Waals surface area (Å²) in [6.45, 7) is 3.85. The van der Waals surface area contributed by atoms with Crippen LogP contribution in [-0.4, -0.2) is 30.7 Å². The number of hydrogen-bond acceptors (Lipinski definition) is 6. The van der Waals surface area contributed by atoms with Crippen molar-refractivity contribution in [1.82, 2.24) is 24.8 Å². The molecule has 8 nitrogen and oxygen atoms in total. The van der Waals surface area contributed by atoms with Gasteiger partial charge in [-0.1, -0.05) is 36.4 Å². The summed E-state index contributed by atoms with van der Waals surface area (Å²) in [4.78, 5) is 17.3. The minimum absolute atomic E-state index is 0.00705. The number of anilines is 2. The Balaban J connectivity index is 1.61. The summed E-state index contributed by atoms with van der Waals surface area (Å²) in [5.41, 5.74) is 9.75. The van der Waals surface area contributed by atoms with Crippen molar-refractivity contribution < 1.29 is 4.79 Å². The predicted molar refractivity (Wildman–Crippen MR) is 112 cm³/mol. The van der Waals surface area contributed by atoms with Crippen molar-refractivity contribution in [2.45, 2.75) is 13.8 Å². The van der Waals surface area contributed by atoms with Crippen molar-refractivity contribution in [3.05, 3.63) is 65.5 Å². The number of hydrogen-bond donors (Lipinski definition) is 2. The number of nitrogens with zero attached hydrogens (tertiary/aromatic N) is 5. The summed E-state index contributed by atoms with van der Waals surface area (Å²) in [7, 11) is 0. The lowest BCUT2D eigenvalue weighted by Crippen LogP contribution is -2.19. The van der Waals surface area contributed by atoms with E-state index in [1.54, 1.807) is 0 Å². The summed E-state index contributed by atoms with van der Waals surface area (Å²) in [6, 6.07) is 15.4. The maximum Gasteiger partial charge on any atom is 0.280 e. The number of nitrogens with two attached hydrogens (primary N) is 1. The quantitative estimate of drug-likeness (QED) is 0.484. The molecular weight excluding hydrogens is 366 g/mol. The third-order valence-corrected chi connectivity index (χ3v) is 4.91. The molecule has 0 unspecified atom stereocenters. The van der Waals surface area contributed by atoms with Gasteiger partial charge in [0.2, 0.25) is 0 Å². The van der Waals surface area contributed by atoms with Gasteiger partial charge in [0.15, 0.2) is 22.8 Å². The molecule has 0 bridgehead atoms. The van der Waals surface area contributed by atoms with E-state index in [2.05, 4.69) is 25.6 Å². The van der Waals surface area contributed by atoms with E-state index in [4.69, 9.17) is 5.73 Å². The molecule has 3 N–H and O–H groups in total. The largest absolute Gasteiger partial charge is 0.382 e. The maximum atomic E-state index is 12.9. The summed E-state index contributed by atoms with van der Waals surface area (Å²) < 4.78 is 1.43. The van der Waals surface area contributed by atoms with Gasteiger partial charge < -0.3 is 11.1 Å². The highest BCUT2D eigenvalue weighted by molar-refractivity contribution is 6.10. The molecule has 3 heterocycles. The van der Waals surface area contributed by atoms with Crippen LogP contribution in [0.25, 0.3) is 27.5 Å². The second-order valence-electron chi connectivity index (χ2n) is 6.93. The van der Waals surface area contributed by atoms with Crippen LogP contribution in [0.2, 0.25) is 0 Å². The molecule has 5 rings (SSSR count). The number of rotatable bonds is 2. The van der Waals surface area contributed by atoms with Gasteiger partial charge >= 0.3 is 0 Å². The Morgan fingerprint density at radius 2 is 1.86 bits per heavy atom. The van der Waals surface area contributed by atoms with Gasteiger partial charge in [0.25, 0.3) is 5.91 Å². The predicted octanol–water partition coefficient (Wildman–Crippen LogP) is 3.28. The van der Waals surface area contributed by atoms with Crippen LogP contribution < -0.4 is 11.1 Å². The zero-order chi connectivity index (χ0) is 20.1. The third kappa shape index (κ3) is 2.65. The van der Waals surface area contributed by atoms with Crippen LogP contribution in [0.3, 0.4) is 0 Å². The van der Waals surface area contributed by atoms with Gasteiger partial charge in [-0.15, -0.1) is 15.3 Å². The molecule has 0 atom stereocenters. The summed E-state index contributed by atoms with van der Waals surface area (Å²) in [6.07, 6.45) is 0. The van der Waals surface area contributed by atoms with E-state index < -0.39 is 5.91 Å². The number of nitrogens with one attached hydrogen (secondary N) is 1. The highest BCUT2D eigenvalue weighted by Gasteiger charge is 2.20. The molecule has 2 aromatic carbocycles. The van der Waals surface area contributed by atoms with Gasteiger partial charge in [0, 0.05) is 16.8 Å². The van der Waals surface area contributed by atoms with E-state index >= 15 is 0 Å². The first-order valence-corrected chi connectivity index (χ1v) is 9.11. The summed E-state index contributed by atoms with van der Waals surface area (Å²) in [5.74, 6) is -0.337. The number of carbonyl (C=O) groups excluding carboxylic acids is 1. The van der Waals surface area contributed by atoms with Gasteiger partial charge in [0.1, 0.15) is 0 Å². The minimum Gasteiger partial charge on any atom is -0.382 e. The molecule has 5 aromatic rings. The minimum atomic E-state index is -0.450. The fourth-order valence-corrected chi connectivity index (χ4v) is 3.60. The first kappa shape index (κ1) is 17.1. The van der Waals surface area contributed by atoms with Crippen molar-refractivity contribution in [1.29, 1.82) is 0 Å². The average molecular weight is 383 g/mol. The molecule has 0 saturated carbocycles. The van der Waals surface area contributed by atoms with Crippen LogP contribution in [0.1, 0.15) is 21.7 Å². The Morgan fingerprint density at radius 3 is 2.72 bits per heavy atom. The standard InChI is InChI=1S/C21H17N7O/c1-11-10-12(2)23-19-16(11)20-26-25-17(18(22)28(20)27-19)21(29)24-15-9-5-7-13-6-3-4-8-14(13)15/h3-10H,22H2,1-2H3,(H,24,29). The van der Waals surface area contributed by atoms with Crippen LogP contribution in [0.4, 0.5) is 11.5 Å². The Labute approximate surface area is 165 Å². The third-order valence-electron chi connectivity index (χ3n) is 4.91. The molecule has 0 saturated heterocycles. The molecule has 0 aliphatic rings. The SMILES string of the molecule is Cc1cc(C)c2c(n1)nn1c(N)c(C(=O)Nc3cccc4ccccc34)nnc21. The number of aromatic nitrogens is 5. The second kappa shape index (κ2) is 6.23. The van der Waals surface area contributed by atoms with Crippen LogP contribution >= 0.6 is 0 Å². The van der Waals surface area contributed by atoms with Crippen LogP contribution in [0, 0.1) is 13.8 Å². The van der Waals surface area contributed by atoms with Crippen LogP contribution in [0.15, 0.2) is 48.5 Å². The lowest BCUT2D eigenvalue weighted by Gasteiger charge is -2.09. The zero-order valence-corrected chi connectivity index (χ0v) is 15.8. The van der Waals surface area contributed by atoms with Gasteiger partial charge in [-0.2, -0.15) is 4.52 Å². The molecule has 142 valence electrons. The molecule has 8 heteroatoms. The fourth-order valence-electron chi connectivity index (χ4n) is 3.60. The van der Waals surface area contributed by atoms with Crippen molar-refractivity contribution >= 4 is 44.9 Å². The summed E-state index contributed by atoms with van der Waals surface area (Å²) in [5, 5.41) is 18.3. The van der Waals surface area contributed by atoms with E-state index in [1.165, 1.54) is 4.52 Å². The highest BCUT2D eigenvalue weighted by atomic mass is 16.2. The van der Waals surface area contributed by atoms with E-state index in [9.17, 15) is 4.79 Å². The van der Waals surface area contributed by atoms with Crippen LogP contribution in [-0.2, 0) is 0 Å². The van der Waals surface area contributed by atoms with Crippen molar-refractivity contribution in [2.75, 3.05) is 11.1 Å². The van der Waals surface area contributed by atoms with Crippen molar-refractivity contribution in [3.8, 4) is 0 Å². The van der Waals surface area contributed by atoms with Gasteiger partial charge in [-0.3, -0.25) is 4.79 Å². The Bertz CT molecular complexity index is 1430. The van der Waals surface area contributed by atoms with E-state index in [0.29, 0.717) is 17.0 Å². The van der Waals surface area contributed by atoms with Gasteiger partial charge in [-0.05, 0) is 36.9 Å². The first-order chi connectivity index (χ1) is 14.0. The Kier molecular flexibility index (Phi) is 3.67. The number of benzene rings is 2. The summed E-state index contributed by atoms with van der Waals surface area (Å²) >= 11 is 0. The first-order valence-electron chi connectivity index (χ1n) is 9.11. The van der Waals surface area contributed by atoms with Gasteiger partial charge in [0.05, 0.1) is 5.39 Å². The molecule has 3 aromatic heterocycles. The van der Waals surface area contributed by atoms with E-state index in [1.807, 2.05) is 62.4 Å². The number of amides is 1. The molecule has 0 aliphatic heterocycles. The van der Waals surface area contributed by atoms with E-state index in [0.717, 1.165) is 27.4 Å². The molecule has 0 fully saturated rings. The monoisotopic (exact) mass is 383 g/mol. The number of nitrogen functional groups attached to an aromatic ring is 1. The number of carbonyl (C=O) groups is 1. The van der Waals surface area contributed by atoms with E-state index in [-0.39, 0.29) is 11.5 Å². The van der Waals surface area contributed by atoms with Crippen molar-refractivity contribution in [2.24, 2.45) is 0 Å². The Morgan fingerprint density at radius 1 is 1.07 bits per heavy atom. The maximum absolute atomic E-state index is 12.9. The molecular formula is C21H17N7O. The second-order valence-corrected chi connectivity index (χ2v) is 6.93. The normalized spacial score (nSPS) is 11.4. The smallest absolute Gasteiger partial charge is 0.280 e. The zero-order valence-electron chi connectivity index (χ0n) is 15.8. The average Bonchev–Trinajstić information content (AvgIpc) is 3.08. The van der Waals surface area contributed by atoms with Crippen molar-refractivity contribution in [3.63, 3.8) is 0 Å². The topological polar surface area (TPSA) is 111 Å². The number of pyridine rings is 1. The molecule has 0 aliphatic carbocycles. The van der Waals surface area contributed by atoms with Gasteiger partial charge in [-0.25, -0.2) is 4.98 Å².